The lowest BCUT2D eigenvalue weighted by atomic mass is 10.0. The van der Waals surface area contributed by atoms with E-state index >= 15 is 0 Å². The largest absolute Gasteiger partial charge is 0.497 e. The molecule has 2 atom stereocenters. The predicted molar refractivity (Wildman–Crippen MR) is 95.3 cm³/mol. The van der Waals surface area contributed by atoms with Crippen molar-refractivity contribution in [3.63, 3.8) is 0 Å². The van der Waals surface area contributed by atoms with Gasteiger partial charge in [0, 0.05) is 17.5 Å². The number of benzene rings is 2. The lowest BCUT2D eigenvalue weighted by Gasteiger charge is -2.16. The first-order valence-corrected chi connectivity index (χ1v) is 8.21. The second-order valence-corrected chi connectivity index (χ2v) is 6.21. The van der Waals surface area contributed by atoms with Gasteiger partial charge in [0.2, 0.25) is 5.91 Å². The molecule has 0 aliphatic carbocycles. The summed E-state index contributed by atoms with van der Waals surface area (Å²) >= 11 is 5.86. The van der Waals surface area contributed by atoms with Gasteiger partial charge in [-0.15, -0.1) is 0 Å². The second kappa shape index (κ2) is 8.71. The number of amides is 1. The van der Waals surface area contributed by atoms with Gasteiger partial charge in [-0.05, 0) is 41.8 Å². The standard InChI is InChI=1S/C19H22ClNO3/c1-13(10-14-6-8-16(20)9-7-14)19(23)21-12-18(22)15-4-3-5-17(11-15)24-2/h3-9,11,13,18,22H,10,12H2,1-2H3,(H,21,23). The quantitative estimate of drug-likeness (QED) is 0.807. The van der Waals surface area contributed by atoms with Crippen LogP contribution in [0.2, 0.25) is 5.02 Å². The third-order valence-corrected chi connectivity index (χ3v) is 4.10. The van der Waals surface area contributed by atoms with Crippen LogP contribution in [0.25, 0.3) is 0 Å². The zero-order chi connectivity index (χ0) is 17.5. The van der Waals surface area contributed by atoms with Crippen LogP contribution in [0.1, 0.15) is 24.2 Å². The molecule has 2 rings (SSSR count). The molecule has 0 saturated heterocycles. The number of carbonyl (C=O) groups is 1. The minimum atomic E-state index is -0.771. The molecule has 128 valence electrons. The highest BCUT2D eigenvalue weighted by Gasteiger charge is 2.16. The number of rotatable bonds is 7. The molecule has 0 fully saturated rings. The average Bonchev–Trinajstić information content (AvgIpc) is 2.61. The molecule has 0 aromatic heterocycles. The lowest BCUT2D eigenvalue weighted by Crippen LogP contribution is -2.33. The van der Waals surface area contributed by atoms with Crippen molar-refractivity contribution in [1.29, 1.82) is 0 Å². The summed E-state index contributed by atoms with van der Waals surface area (Å²) in [4.78, 5) is 12.2. The summed E-state index contributed by atoms with van der Waals surface area (Å²) in [5.74, 6) is 0.393. The molecule has 24 heavy (non-hydrogen) atoms. The van der Waals surface area contributed by atoms with Crippen molar-refractivity contribution < 1.29 is 14.6 Å². The van der Waals surface area contributed by atoms with Gasteiger partial charge in [0.15, 0.2) is 0 Å². The Bertz CT molecular complexity index is 673. The minimum absolute atomic E-state index is 0.0908. The summed E-state index contributed by atoms with van der Waals surface area (Å²) in [5.41, 5.74) is 1.76. The first-order valence-electron chi connectivity index (χ1n) is 7.83. The summed E-state index contributed by atoms with van der Waals surface area (Å²) in [6.07, 6.45) is -0.148. The Morgan fingerprint density at radius 3 is 2.62 bits per heavy atom. The average molecular weight is 348 g/mol. The molecular formula is C19H22ClNO3. The molecule has 4 nitrogen and oxygen atoms in total. The maximum Gasteiger partial charge on any atom is 0.223 e. The van der Waals surface area contributed by atoms with Gasteiger partial charge in [0.05, 0.1) is 13.2 Å². The van der Waals surface area contributed by atoms with Gasteiger partial charge in [0.1, 0.15) is 5.75 Å². The predicted octanol–water partition coefficient (Wildman–Crippen LogP) is 3.38. The number of hydrogen-bond acceptors (Lipinski definition) is 3. The van der Waals surface area contributed by atoms with E-state index in [0.29, 0.717) is 22.8 Å². The van der Waals surface area contributed by atoms with Gasteiger partial charge in [0.25, 0.3) is 0 Å². The van der Waals surface area contributed by atoms with Crippen LogP contribution < -0.4 is 10.1 Å². The highest BCUT2D eigenvalue weighted by Crippen LogP contribution is 2.19. The topological polar surface area (TPSA) is 58.6 Å². The van der Waals surface area contributed by atoms with Crippen molar-refractivity contribution in [2.24, 2.45) is 5.92 Å². The minimum Gasteiger partial charge on any atom is -0.497 e. The molecule has 2 unspecified atom stereocenters. The third-order valence-electron chi connectivity index (χ3n) is 3.85. The van der Waals surface area contributed by atoms with Gasteiger partial charge in [-0.2, -0.15) is 0 Å². The molecule has 1 amide bonds. The van der Waals surface area contributed by atoms with E-state index in [1.54, 1.807) is 19.2 Å². The van der Waals surface area contributed by atoms with Crippen molar-refractivity contribution in [3.05, 3.63) is 64.7 Å². The molecule has 2 aromatic carbocycles. The van der Waals surface area contributed by atoms with Crippen molar-refractivity contribution in [2.75, 3.05) is 13.7 Å². The molecule has 0 aliphatic heterocycles. The molecule has 2 N–H and O–H groups in total. The van der Waals surface area contributed by atoms with Crippen LogP contribution >= 0.6 is 11.6 Å². The van der Waals surface area contributed by atoms with E-state index in [2.05, 4.69) is 5.32 Å². The number of ether oxygens (including phenoxy) is 1. The van der Waals surface area contributed by atoms with Crippen LogP contribution in [-0.2, 0) is 11.2 Å². The zero-order valence-electron chi connectivity index (χ0n) is 13.8. The molecule has 2 aromatic rings. The Kier molecular flexibility index (Phi) is 6.64. The highest BCUT2D eigenvalue weighted by atomic mass is 35.5. The Morgan fingerprint density at radius 1 is 1.25 bits per heavy atom. The molecule has 5 heteroatoms. The van der Waals surface area contributed by atoms with E-state index in [1.165, 1.54) is 0 Å². The van der Waals surface area contributed by atoms with Gasteiger partial charge < -0.3 is 15.2 Å². The Morgan fingerprint density at radius 2 is 1.96 bits per heavy atom. The third kappa shape index (κ3) is 5.25. The van der Waals surface area contributed by atoms with Gasteiger partial charge in [-0.25, -0.2) is 0 Å². The van der Waals surface area contributed by atoms with Crippen LogP contribution in [0, 0.1) is 5.92 Å². The summed E-state index contributed by atoms with van der Waals surface area (Å²) in [6, 6.07) is 14.6. The second-order valence-electron chi connectivity index (χ2n) is 5.77. The van der Waals surface area contributed by atoms with E-state index in [4.69, 9.17) is 16.3 Å². The van der Waals surface area contributed by atoms with E-state index < -0.39 is 6.10 Å². The summed E-state index contributed by atoms with van der Waals surface area (Å²) in [5, 5.41) is 13.7. The van der Waals surface area contributed by atoms with Crippen LogP contribution in [-0.4, -0.2) is 24.7 Å². The van der Waals surface area contributed by atoms with Crippen molar-refractivity contribution in [1.82, 2.24) is 5.32 Å². The number of nitrogens with one attached hydrogen (secondary N) is 1. The molecule has 0 heterocycles. The molecule has 0 saturated carbocycles. The monoisotopic (exact) mass is 347 g/mol. The van der Waals surface area contributed by atoms with Crippen molar-refractivity contribution in [3.8, 4) is 5.75 Å². The van der Waals surface area contributed by atoms with Crippen molar-refractivity contribution in [2.45, 2.75) is 19.4 Å². The highest BCUT2D eigenvalue weighted by molar-refractivity contribution is 6.30. The van der Waals surface area contributed by atoms with Crippen LogP contribution in [0.4, 0.5) is 0 Å². The zero-order valence-corrected chi connectivity index (χ0v) is 14.6. The number of methoxy groups -OCH3 is 1. The van der Waals surface area contributed by atoms with Crippen LogP contribution in [0.15, 0.2) is 48.5 Å². The first-order chi connectivity index (χ1) is 11.5. The molecule has 0 bridgehead atoms. The summed E-state index contributed by atoms with van der Waals surface area (Å²) < 4.78 is 5.14. The number of carbonyl (C=O) groups excluding carboxylic acids is 1. The fourth-order valence-electron chi connectivity index (χ4n) is 2.40. The van der Waals surface area contributed by atoms with E-state index in [1.807, 2.05) is 43.3 Å². The van der Waals surface area contributed by atoms with E-state index in [0.717, 1.165) is 5.56 Å². The Hall–Kier alpha value is -2.04. The normalized spacial score (nSPS) is 13.2. The smallest absolute Gasteiger partial charge is 0.223 e. The molecule has 0 aliphatic rings. The summed E-state index contributed by atoms with van der Waals surface area (Å²) in [6.45, 7) is 2.03. The van der Waals surface area contributed by atoms with E-state index in [9.17, 15) is 9.90 Å². The maximum absolute atomic E-state index is 12.2. The molecule has 0 radical (unpaired) electrons. The number of aliphatic hydroxyl groups excluding tert-OH is 1. The van der Waals surface area contributed by atoms with Crippen LogP contribution in [0.3, 0.4) is 0 Å². The number of aliphatic hydroxyl groups is 1. The molecule has 0 spiro atoms. The number of hydrogen-bond donors (Lipinski definition) is 2. The summed E-state index contributed by atoms with van der Waals surface area (Å²) in [7, 11) is 1.58. The van der Waals surface area contributed by atoms with Gasteiger partial charge in [-0.3, -0.25) is 4.79 Å². The first kappa shape index (κ1) is 18.3. The van der Waals surface area contributed by atoms with Gasteiger partial charge >= 0.3 is 0 Å². The van der Waals surface area contributed by atoms with Gasteiger partial charge in [-0.1, -0.05) is 42.8 Å². The Balaban J connectivity index is 1.85. The SMILES string of the molecule is COc1cccc(C(O)CNC(=O)C(C)Cc2ccc(Cl)cc2)c1. The fourth-order valence-corrected chi connectivity index (χ4v) is 2.53. The fraction of sp³-hybridized carbons (Fsp3) is 0.316. The number of halogens is 1. The lowest BCUT2D eigenvalue weighted by molar-refractivity contribution is -0.124. The van der Waals surface area contributed by atoms with E-state index in [-0.39, 0.29) is 18.4 Å². The van der Waals surface area contributed by atoms with Crippen molar-refractivity contribution >= 4 is 17.5 Å². The maximum atomic E-state index is 12.2. The van der Waals surface area contributed by atoms with Crippen LogP contribution in [0.5, 0.6) is 5.75 Å². The Labute approximate surface area is 147 Å². The molecular weight excluding hydrogens is 326 g/mol.